The van der Waals surface area contributed by atoms with Gasteiger partial charge in [0.25, 0.3) is 0 Å². The summed E-state index contributed by atoms with van der Waals surface area (Å²) in [6, 6.07) is 6.71. The van der Waals surface area contributed by atoms with Gasteiger partial charge >= 0.3 is 0 Å². The van der Waals surface area contributed by atoms with Gasteiger partial charge in [-0.3, -0.25) is 9.00 Å². The molecule has 13 heavy (non-hydrogen) atoms. The topological polar surface area (TPSA) is 57.2 Å². The van der Waals surface area contributed by atoms with Crippen LogP contribution in [0.4, 0.5) is 0 Å². The molecule has 0 saturated heterocycles. The molecule has 0 saturated carbocycles. The van der Waals surface area contributed by atoms with Crippen molar-refractivity contribution in [2.75, 3.05) is 0 Å². The summed E-state index contributed by atoms with van der Waals surface area (Å²) in [6.45, 7) is 1.87. The Kier molecular flexibility index (Phi) is 3.33. The lowest BCUT2D eigenvalue weighted by molar-refractivity contribution is 0.107. The van der Waals surface area contributed by atoms with Crippen LogP contribution in [0.1, 0.15) is 22.8 Å². The van der Waals surface area contributed by atoms with Gasteiger partial charge in [0.2, 0.25) is 5.12 Å². The van der Waals surface area contributed by atoms with Gasteiger partial charge in [0.05, 0.1) is 0 Å². The maximum absolute atomic E-state index is 11.1. The Morgan fingerprint density at radius 2 is 2.08 bits per heavy atom. The first-order valence-corrected chi connectivity index (χ1v) is 4.95. The van der Waals surface area contributed by atoms with Crippen LogP contribution in [0.3, 0.4) is 0 Å². The summed E-state index contributed by atoms with van der Waals surface area (Å²) in [5.41, 5.74) is 1.04. The van der Waals surface area contributed by atoms with Crippen LogP contribution >= 0.6 is 0 Å². The third-order valence-electron chi connectivity index (χ3n) is 1.77. The summed E-state index contributed by atoms with van der Waals surface area (Å²) in [4.78, 5) is 11.1. The highest BCUT2D eigenvalue weighted by Gasteiger charge is 2.09. The van der Waals surface area contributed by atoms with Gasteiger partial charge in [-0.1, -0.05) is 31.2 Å². The van der Waals surface area contributed by atoms with Crippen LogP contribution in [0.15, 0.2) is 24.3 Å². The molecule has 4 heteroatoms. The molecular weight excluding hydrogens is 188 g/mol. The quantitative estimate of drug-likeness (QED) is 0.671. The second-order valence-electron chi connectivity index (χ2n) is 2.53. The number of hydrogen-bond acceptors (Lipinski definition) is 3. The summed E-state index contributed by atoms with van der Waals surface area (Å²) in [6.07, 6.45) is 0.652. The van der Waals surface area contributed by atoms with Gasteiger partial charge in [-0.25, -0.2) is 0 Å². The van der Waals surface area contributed by atoms with Crippen LogP contribution in [0, 0.1) is 0 Å². The van der Waals surface area contributed by atoms with E-state index in [4.69, 9.17) is 0 Å². The zero-order valence-electron chi connectivity index (χ0n) is 7.15. The van der Waals surface area contributed by atoms with Gasteiger partial charge < -0.3 is 4.55 Å². The van der Waals surface area contributed by atoms with Crippen LogP contribution in [0.5, 0.6) is 0 Å². The highest BCUT2D eigenvalue weighted by molar-refractivity contribution is 7.95. The molecular formula is C9H9O3S-. The molecule has 1 aromatic carbocycles. The maximum Gasteiger partial charge on any atom is 0.236 e. The Hall–Kier alpha value is -1.00. The number of carbonyl (C=O) groups excluding carboxylic acids is 1. The van der Waals surface area contributed by atoms with E-state index >= 15 is 0 Å². The maximum atomic E-state index is 11.1. The molecule has 3 nitrogen and oxygen atoms in total. The first-order valence-electron chi connectivity index (χ1n) is 3.88. The molecule has 0 spiro atoms. The molecule has 0 radical (unpaired) electrons. The number of carbonyl (C=O) groups is 1. The molecule has 0 heterocycles. The Balaban J connectivity index is 3.13. The van der Waals surface area contributed by atoms with E-state index in [-0.39, 0.29) is 5.56 Å². The number of hydrogen-bond donors (Lipinski definition) is 0. The van der Waals surface area contributed by atoms with E-state index in [2.05, 4.69) is 0 Å². The van der Waals surface area contributed by atoms with E-state index in [1.807, 2.05) is 6.92 Å². The summed E-state index contributed by atoms with van der Waals surface area (Å²) in [5.74, 6) is 0. The van der Waals surface area contributed by atoms with Crippen LogP contribution in [0.2, 0.25) is 0 Å². The van der Waals surface area contributed by atoms with E-state index in [1.54, 1.807) is 18.2 Å². The number of aryl methyl sites for hydroxylation is 1. The Labute approximate surface area is 79.1 Å². The molecule has 70 valence electrons. The summed E-state index contributed by atoms with van der Waals surface area (Å²) < 4.78 is 20.8. The van der Waals surface area contributed by atoms with Gasteiger partial charge in [-0.2, -0.15) is 0 Å². The average molecular weight is 197 g/mol. The second-order valence-corrected chi connectivity index (χ2v) is 3.37. The third-order valence-corrected chi connectivity index (χ3v) is 2.29. The van der Waals surface area contributed by atoms with Crippen molar-refractivity contribution in [3.63, 3.8) is 0 Å². The Bertz CT molecular complexity index is 346. The largest absolute Gasteiger partial charge is 0.766 e. The lowest BCUT2D eigenvalue weighted by atomic mass is 10.1. The van der Waals surface area contributed by atoms with Gasteiger partial charge in [0.1, 0.15) is 0 Å². The predicted octanol–water partition coefficient (Wildman–Crippen LogP) is 1.27. The molecule has 0 N–H and O–H groups in total. The zero-order valence-corrected chi connectivity index (χ0v) is 7.97. The summed E-state index contributed by atoms with van der Waals surface area (Å²) >= 11 is -2.66. The fourth-order valence-corrected chi connectivity index (χ4v) is 1.50. The third kappa shape index (κ3) is 2.23. The average Bonchev–Trinajstić information content (AvgIpc) is 2.16. The van der Waals surface area contributed by atoms with Crippen molar-refractivity contribution in [2.24, 2.45) is 0 Å². The Morgan fingerprint density at radius 1 is 1.46 bits per heavy atom. The van der Waals surface area contributed by atoms with E-state index < -0.39 is 16.2 Å². The highest BCUT2D eigenvalue weighted by atomic mass is 32.2. The van der Waals surface area contributed by atoms with Crippen molar-refractivity contribution in [3.05, 3.63) is 35.4 Å². The fraction of sp³-hybridized carbons (Fsp3) is 0.222. The molecule has 0 amide bonds. The molecule has 0 aliphatic carbocycles. The molecule has 0 fully saturated rings. The number of rotatable bonds is 2. The minimum atomic E-state index is -2.66. The minimum absolute atomic E-state index is 0.276. The lowest BCUT2D eigenvalue weighted by Gasteiger charge is -2.07. The van der Waals surface area contributed by atoms with Crippen molar-refractivity contribution >= 4 is 16.2 Å². The van der Waals surface area contributed by atoms with E-state index in [9.17, 15) is 13.6 Å². The lowest BCUT2D eigenvalue weighted by Crippen LogP contribution is -2.09. The van der Waals surface area contributed by atoms with Crippen molar-refractivity contribution < 1.29 is 13.6 Å². The molecule has 1 aromatic rings. The van der Waals surface area contributed by atoms with Gasteiger partial charge in [-0.15, -0.1) is 0 Å². The van der Waals surface area contributed by atoms with Crippen LogP contribution in [0.25, 0.3) is 0 Å². The second kappa shape index (κ2) is 4.30. The van der Waals surface area contributed by atoms with E-state index in [1.165, 1.54) is 6.07 Å². The molecule has 1 rings (SSSR count). The van der Waals surface area contributed by atoms with Crippen LogP contribution < -0.4 is 0 Å². The summed E-state index contributed by atoms with van der Waals surface area (Å²) in [7, 11) is 0. The normalized spacial score (nSPS) is 12.5. The van der Waals surface area contributed by atoms with E-state index in [0.717, 1.165) is 5.56 Å². The van der Waals surface area contributed by atoms with Crippen LogP contribution in [-0.2, 0) is 17.5 Å². The van der Waals surface area contributed by atoms with Crippen molar-refractivity contribution in [2.45, 2.75) is 13.3 Å². The molecule has 1 atom stereocenters. The first-order chi connectivity index (χ1) is 6.16. The molecule has 0 aromatic heterocycles. The van der Waals surface area contributed by atoms with E-state index in [0.29, 0.717) is 6.42 Å². The SMILES string of the molecule is CCc1ccccc1C(=O)S(=O)[O-]. The monoisotopic (exact) mass is 197 g/mol. The van der Waals surface area contributed by atoms with Gasteiger partial charge in [0.15, 0.2) is 0 Å². The van der Waals surface area contributed by atoms with Crippen LogP contribution in [-0.4, -0.2) is 13.9 Å². The predicted molar refractivity (Wildman–Crippen MR) is 49.1 cm³/mol. The van der Waals surface area contributed by atoms with Gasteiger partial charge in [0, 0.05) is 16.6 Å². The highest BCUT2D eigenvalue weighted by Crippen LogP contribution is 2.11. The smallest absolute Gasteiger partial charge is 0.236 e. The number of benzene rings is 1. The molecule has 0 aliphatic heterocycles. The fourth-order valence-electron chi connectivity index (χ4n) is 1.12. The van der Waals surface area contributed by atoms with Crippen molar-refractivity contribution in [1.82, 2.24) is 0 Å². The summed E-state index contributed by atoms with van der Waals surface area (Å²) in [5, 5.41) is -0.836. The van der Waals surface area contributed by atoms with Crippen molar-refractivity contribution in [3.8, 4) is 0 Å². The molecule has 1 unspecified atom stereocenters. The standard InChI is InChI=1S/C9H10O3S/c1-2-7-5-3-4-6-8(7)9(10)13(11)12/h3-6H,2H2,1H3,(H,11,12)/p-1. The minimum Gasteiger partial charge on any atom is -0.766 e. The molecule has 0 aliphatic rings. The Morgan fingerprint density at radius 3 is 2.62 bits per heavy atom. The van der Waals surface area contributed by atoms with Crippen molar-refractivity contribution in [1.29, 1.82) is 0 Å². The van der Waals surface area contributed by atoms with Gasteiger partial charge in [-0.05, 0) is 12.0 Å². The first kappa shape index (κ1) is 10.1. The zero-order chi connectivity index (χ0) is 9.84. The molecule has 0 bridgehead atoms.